The van der Waals surface area contributed by atoms with Crippen molar-refractivity contribution in [2.45, 2.75) is 12.7 Å². The zero-order valence-electron chi connectivity index (χ0n) is 20.9. The first kappa shape index (κ1) is 26.2. The SMILES string of the molecule is COc1cc(-c2cc(CN3CCOCC3)n3ncnc(N)c23)ccc1N(C(N)=O)c1cccc(C(F)(F)F)n1. The van der Waals surface area contributed by atoms with Crippen LogP contribution in [0.2, 0.25) is 0 Å². The molecule has 11 nitrogen and oxygen atoms in total. The molecule has 1 fully saturated rings. The summed E-state index contributed by atoms with van der Waals surface area (Å²) in [6, 6.07) is 8.96. The van der Waals surface area contributed by atoms with Crippen LogP contribution < -0.4 is 21.1 Å². The number of amides is 2. The molecule has 0 saturated carbocycles. The minimum Gasteiger partial charge on any atom is -0.495 e. The zero-order chi connectivity index (χ0) is 27.7. The predicted molar refractivity (Wildman–Crippen MR) is 136 cm³/mol. The van der Waals surface area contributed by atoms with Gasteiger partial charge in [0, 0.05) is 25.2 Å². The van der Waals surface area contributed by atoms with E-state index in [0.717, 1.165) is 35.8 Å². The van der Waals surface area contributed by atoms with Crippen molar-refractivity contribution >= 4 is 28.9 Å². The Labute approximate surface area is 220 Å². The Kier molecular flexibility index (Phi) is 6.97. The highest BCUT2D eigenvalue weighted by atomic mass is 19.4. The fourth-order valence-corrected chi connectivity index (χ4v) is 4.54. The number of ether oxygens (including phenoxy) is 2. The van der Waals surface area contributed by atoms with Gasteiger partial charge in [0.25, 0.3) is 0 Å². The standard InChI is InChI=1S/C25H25F3N8O3/c1-38-19-11-15(5-6-18(19)35(24(30)37)21-4-2-3-20(33-21)25(26,27)28)17-12-16(13-34-7-9-39-10-8-34)36-22(17)23(29)31-14-32-36/h2-6,11-12,14H,7-10,13H2,1H3,(H2,30,37)(H2,29,31,32). The summed E-state index contributed by atoms with van der Waals surface area (Å²) in [5.41, 5.74) is 13.6. The molecule has 4 heterocycles. The molecule has 3 aromatic heterocycles. The number of pyridine rings is 1. The molecule has 0 aliphatic carbocycles. The molecule has 1 saturated heterocycles. The van der Waals surface area contributed by atoms with Crippen molar-refractivity contribution in [1.29, 1.82) is 0 Å². The average Bonchev–Trinajstić information content (AvgIpc) is 3.28. The molecule has 204 valence electrons. The molecule has 4 aromatic rings. The molecule has 0 bridgehead atoms. The van der Waals surface area contributed by atoms with Gasteiger partial charge in [-0.15, -0.1) is 0 Å². The van der Waals surface area contributed by atoms with E-state index in [1.54, 1.807) is 16.6 Å². The zero-order valence-corrected chi connectivity index (χ0v) is 20.9. The van der Waals surface area contributed by atoms with E-state index in [9.17, 15) is 18.0 Å². The second-order valence-corrected chi connectivity index (χ2v) is 8.78. The molecule has 1 aliphatic rings. The number of hydrogen-bond donors (Lipinski definition) is 2. The molecule has 0 radical (unpaired) electrons. The van der Waals surface area contributed by atoms with Gasteiger partial charge in [0.2, 0.25) is 0 Å². The lowest BCUT2D eigenvalue weighted by Gasteiger charge is -2.26. The number of anilines is 3. The number of hydrogen-bond acceptors (Lipinski definition) is 8. The highest BCUT2D eigenvalue weighted by Crippen LogP contribution is 2.39. The van der Waals surface area contributed by atoms with Crippen LogP contribution in [0.5, 0.6) is 5.75 Å². The number of methoxy groups -OCH3 is 1. The van der Waals surface area contributed by atoms with Crippen LogP contribution in [0, 0.1) is 0 Å². The number of halogens is 3. The summed E-state index contributed by atoms with van der Waals surface area (Å²) in [4.78, 5) is 23.3. The van der Waals surface area contributed by atoms with Gasteiger partial charge in [-0.1, -0.05) is 12.1 Å². The second kappa shape index (κ2) is 10.4. The molecule has 1 aromatic carbocycles. The highest BCUT2D eigenvalue weighted by Gasteiger charge is 2.33. The van der Waals surface area contributed by atoms with Gasteiger partial charge in [0.15, 0.2) is 5.82 Å². The van der Waals surface area contributed by atoms with E-state index < -0.39 is 17.9 Å². The van der Waals surface area contributed by atoms with Crippen LogP contribution in [0.4, 0.5) is 35.3 Å². The number of nitrogens with zero attached hydrogens (tertiary/aromatic N) is 6. The summed E-state index contributed by atoms with van der Waals surface area (Å²) in [7, 11) is 1.38. The lowest BCUT2D eigenvalue weighted by molar-refractivity contribution is -0.141. The second-order valence-electron chi connectivity index (χ2n) is 8.78. The Bertz CT molecular complexity index is 1520. The minimum absolute atomic E-state index is 0.113. The van der Waals surface area contributed by atoms with E-state index in [-0.39, 0.29) is 23.1 Å². The number of carbonyl (C=O) groups excluding carboxylic acids is 1. The van der Waals surface area contributed by atoms with Gasteiger partial charge >= 0.3 is 12.2 Å². The van der Waals surface area contributed by atoms with Gasteiger partial charge in [0.1, 0.15) is 29.1 Å². The highest BCUT2D eigenvalue weighted by molar-refractivity contribution is 6.00. The first-order valence-electron chi connectivity index (χ1n) is 11.9. The number of morpholine rings is 1. The number of primary amides is 1. The van der Waals surface area contributed by atoms with Crippen molar-refractivity contribution < 1.29 is 27.4 Å². The Morgan fingerprint density at radius 1 is 1.18 bits per heavy atom. The lowest BCUT2D eigenvalue weighted by Crippen LogP contribution is -2.36. The van der Waals surface area contributed by atoms with E-state index in [1.807, 2.05) is 6.07 Å². The number of rotatable bonds is 6. The van der Waals surface area contributed by atoms with Crippen molar-refractivity contribution in [3.8, 4) is 16.9 Å². The topological polar surface area (TPSA) is 137 Å². The molecular formula is C25H25F3N8O3. The van der Waals surface area contributed by atoms with Gasteiger partial charge in [0.05, 0.1) is 31.7 Å². The van der Waals surface area contributed by atoms with Crippen LogP contribution in [0.3, 0.4) is 0 Å². The van der Waals surface area contributed by atoms with Crippen molar-refractivity contribution in [2.75, 3.05) is 44.0 Å². The molecular weight excluding hydrogens is 517 g/mol. The summed E-state index contributed by atoms with van der Waals surface area (Å²) in [6.07, 6.45) is -3.32. The molecule has 39 heavy (non-hydrogen) atoms. The largest absolute Gasteiger partial charge is 0.495 e. The summed E-state index contributed by atoms with van der Waals surface area (Å²) in [5.74, 6) is 0.140. The molecule has 4 N–H and O–H groups in total. The van der Waals surface area contributed by atoms with Crippen LogP contribution in [0.15, 0.2) is 48.8 Å². The van der Waals surface area contributed by atoms with Crippen molar-refractivity contribution in [1.82, 2.24) is 24.5 Å². The van der Waals surface area contributed by atoms with E-state index in [2.05, 4.69) is 20.0 Å². The van der Waals surface area contributed by atoms with E-state index in [4.69, 9.17) is 20.9 Å². The lowest BCUT2D eigenvalue weighted by atomic mass is 10.0. The third kappa shape index (κ3) is 5.15. The van der Waals surface area contributed by atoms with Crippen LogP contribution in [0.25, 0.3) is 16.6 Å². The maximum atomic E-state index is 13.3. The Morgan fingerprint density at radius 3 is 2.64 bits per heavy atom. The fraction of sp³-hybridized carbons (Fsp3) is 0.280. The number of alkyl halides is 3. The number of urea groups is 1. The van der Waals surface area contributed by atoms with E-state index >= 15 is 0 Å². The maximum Gasteiger partial charge on any atom is 0.433 e. The molecule has 2 amide bonds. The van der Waals surface area contributed by atoms with E-state index in [1.165, 1.54) is 25.6 Å². The molecule has 5 rings (SSSR count). The third-order valence-corrected chi connectivity index (χ3v) is 6.35. The Morgan fingerprint density at radius 2 is 1.95 bits per heavy atom. The van der Waals surface area contributed by atoms with Crippen molar-refractivity contribution in [2.24, 2.45) is 5.73 Å². The molecule has 0 spiro atoms. The van der Waals surface area contributed by atoms with Gasteiger partial charge < -0.3 is 20.9 Å². The van der Waals surface area contributed by atoms with Gasteiger partial charge in [-0.2, -0.15) is 18.3 Å². The van der Waals surface area contributed by atoms with Crippen LogP contribution >= 0.6 is 0 Å². The van der Waals surface area contributed by atoms with Crippen LogP contribution in [0.1, 0.15) is 11.4 Å². The molecule has 14 heteroatoms. The number of carbonyl (C=O) groups is 1. The van der Waals surface area contributed by atoms with Crippen molar-refractivity contribution in [3.63, 3.8) is 0 Å². The first-order chi connectivity index (χ1) is 18.7. The monoisotopic (exact) mass is 542 g/mol. The van der Waals surface area contributed by atoms with E-state index in [0.29, 0.717) is 36.4 Å². The summed E-state index contributed by atoms with van der Waals surface area (Å²) < 4.78 is 52.5. The molecule has 0 unspecified atom stereocenters. The maximum absolute atomic E-state index is 13.3. The number of benzene rings is 1. The van der Waals surface area contributed by atoms with Gasteiger partial charge in [-0.25, -0.2) is 24.2 Å². The molecule has 0 atom stereocenters. The normalized spacial score (nSPS) is 14.5. The fourth-order valence-electron chi connectivity index (χ4n) is 4.54. The van der Waals surface area contributed by atoms with Gasteiger partial charge in [-0.3, -0.25) is 4.90 Å². The summed E-state index contributed by atoms with van der Waals surface area (Å²) >= 11 is 0. The van der Waals surface area contributed by atoms with Crippen LogP contribution in [-0.4, -0.2) is 63.9 Å². The third-order valence-electron chi connectivity index (χ3n) is 6.35. The summed E-state index contributed by atoms with van der Waals surface area (Å²) in [5, 5.41) is 4.40. The average molecular weight is 543 g/mol. The number of nitrogen functional groups attached to an aromatic ring is 1. The van der Waals surface area contributed by atoms with Gasteiger partial charge in [-0.05, 0) is 35.9 Å². The Balaban J connectivity index is 1.58. The minimum atomic E-state index is -4.70. The quantitative estimate of drug-likeness (QED) is 0.378. The summed E-state index contributed by atoms with van der Waals surface area (Å²) in [6.45, 7) is 3.44. The first-order valence-corrected chi connectivity index (χ1v) is 11.9. The van der Waals surface area contributed by atoms with Crippen molar-refractivity contribution in [3.05, 3.63) is 60.2 Å². The number of fused-ring (bicyclic) bond motifs is 1. The molecule has 1 aliphatic heterocycles. The number of nitrogens with two attached hydrogens (primary N) is 2. The van der Waals surface area contributed by atoms with Crippen LogP contribution in [-0.2, 0) is 17.5 Å². The smallest absolute Gasteiger partial charge is 0.433 e. The predicted octanol–water partition coefficient (Wildman–Crippen LogP) is 3.45. The Hall–Kier alpha value is -4.43. The number of aromatic nitrogens is 4.